The Morgan fingerprint density at radius 1 is 1.00 bits per heavy atom. The van der Waals surface area contributed by atoms with Gasteiger partial charge in [-0.25, -0.2) is 8.78 Å². The second-order valence-electron chi connectivity index (χ2n) is 7.81. The van der Waals surface area contributed by atoms with Gasteiger partial charge in [0.2, 0.25) is 0 Å². The summed E-state index contributed by atoms with van der Waals surface area (Å²) in [6.07, 6.45) is 0. The Hall–Kier alpha value is -3.60. The molecule has 0 spiro atoms. The number of aromatic nitrogens is 1. The largest absolute Gasteiger partial charge is 0.388 e. The van der Waals surface area contributed by atoms with Crippen molar-refractivity contribution in [1.82, 2.24) is 3.97 Å². The van der Waals surface area contributed by atoms with Gasteiger partial charge in [0.15, 0.2) is 11.6 Å². The van der Waals surface area contributed by atoms with Crippen LogP contribution < -0.4 is 5.32 Å². The highest BCUT2D eigenvalue weighted by Gasteiger charge is 2.25. The molecule has 3 aromatic carbocycles. The topological polar surface area (TPSA) is 40.8 Å². The van der Waals surface area contributed by atoms with E-state index in [9.17, 15) is 14.0 Å². The van der Waals surface area contributed by atoms with Crippen molar-refractivity contribution in [3.8, 4) is 28.5 Å². The van der Waals surface area contributed by atoms with E-state index in [2.05, 4.69) is 11.4 Å². The molecule has 0 saturated carbocycles. The summed E-state index contributed by atoms with van der Waals surface area (Å²) >= 11 is 2.76. The van der Waals surface area contributed by atoms with Crippen LogP contribution in [0.25, 0.3) is 33.3 Å². The maximum Gasteiger partial charge on any atom is 0.160 e. The van der Waals surface area contributed by atoms with Crippen LogP contribution in [0.3, 0.4) is 0 Å². The van der Waals surface area contributed by atoms with Gasteiger partial charge in [0.05, 0.1) is 11.2 Å². The number of anilines is 1. The summed E-state index contributed by atoms with van der Waals surface area (Å²) in [5.41, 5.74) is 5.64. The Morgan fingerprint density at radius 3 is 2.50 bits per heavy atom. The lowest BCUT2D eigenvalue weighted by Gasteiger charge is -2.13. The van der Waals surface area contributed by atoms with E-state index in [0.29, 0.717) is 26.9 Å². The van der Waals surface area contributed by atoms with E-state index in [1.807, 2.05) is 77.9 Å². The van der Waals surface area contributed by atoms with Gasteiger partial charge in [-0.2, -0.15) is 5.26 Å². The average molecular weight is 488 g/mol. The minimum Gasteiger partial charge on any atom is -0.388 e. The molecule has 0 atom stereocenters. The number of hydrogen-bond acceptors (Lipinski definition) is 4. The Balaban J connectivity index is 1.90. The van der Waals surface area contributed by atoms with E-state index in [4.69, 9.17) is 0 Å². The van der Waals surface area contributed by atoms with Crippen LogP contribution in [-0.4, -0.2) is 11.0 Å². The first-order chi connectivity index (χ1) is 16.5. The zero-order valence-corrected chi connectivity index (χ0v) is 20.0. The van der Waals surface area contributed by atoms with Crippen molar-refractivity contribution >= 4 is 39.9 Å². The maximum absolute atomic E-state index is 14.5. The molecule has 0 bridgehead atoms. The second-order valence-corrected chi connectivity index (χ2v) is 9.75. The molecule has 2 aromatic heterocycles. The minimum atomic E-state index is -0.921. The third kappa shape index (κ3) is 3.85. The van der Waals surface area contributed by atoms with Gasteiger partial charge in [-0.15, -0.1) is 11.3 Å². The fraction of sp³-hybridized carbons (Fsp3) is 0.0741. The van der Waals surface area contributed by atoms with Crippen LogP contribution in [0, 0.1) is 29.9 Å². The Morgan fingerprint density at radius 2 is 1.76 bits per heavy atom. The van der Waals surface area contributed by atoms with E-state index < -0.39 is 11.6 Å². The van der Waals surface area contributed by atoms with Gasteiger partial charge in [-0.05, 0) is 60.6 Å². The average Bonchev–Trinajstić information content (AvgIpc) is 3.43. The van der Waals surface area contributed by atoms with Crippen molar-refractivity contribution in [2.24, 2.45) is 0 Å². The van der Waals surface area contributed by atoms with Gasteiger partial charge in [-0.3, -0.25) is 3.97 Å². The van der Waals surface area contributed by atoms with E-state index in [0.717, 1.165) is 27.4 Å². The molecule has 2 heterocycles. The number of aryl methyl sites for hydroxylation is 1. The third-order valence-electron chi connectivity index (χ3n) is 5.65. The molecular formula is C27H19F2N3S2. The van der Waals surface area contributed by atoms with Gasteiger partial charge in [-0.1, -0.05) is 29.8 Å². The molecule has 0 radical (unpaired) electrons. The van der Waals surface area contributed by atoms with Crippen molar-refractivity contribution in [3.05, 3.63) is 94.2 Å². The van der Waals surface area contributed by atoms with Crippen molar-refractivity contribution in [3.63, 3.8) is 0 Å². The van der Waals surface area contributed by atoms with E-state index in [1.165, 1.54) is 35.4 Å². The Labute approximate surface area is 204 Å². The fourth-order valence-corrected chi connectivity index (χ4v) is 5.70. The molecule has 0 unspecified atom stereocenters. The molecule has 1 N–H and O–H groups in total. The molecule has 0 fully saturated rings. The SMILES string of the molecule is CNc1cccc(-c2c(-c3ccsc3C#N)c3cc(F)c(F)cc3n2Sc2ccc(C)cc2)c1. The van der Waals surface area contributed by atoms with E-state index in [-0.39, 0.29) is 0 Å². The van der Waals surface area contributed by atoms with Crippen LogP contribution in [0.2, 0.25) is 0 Å². The standard InChI is InChI=1S/C27H19F2N3S2/c1-16-6-8-19(9-7-16)34-32-24-14-23(29)22(28)13-21(24)26(20-10-11-33-25(20)15-30)27(32)17-4-3-5-18(12-17)31-2/h3-14,31H,1-2H3. The Kier molecular flexibility index (Phi) is 5.86. The summed E-state index contributed by atoms with van der Waals surface area (Å²) in [5.74, 6) is -1.83. The molecule has 0 aliphatic rings. The monoisotopic (exact) mass is 487 g/mol. The van der Waals surface area contributed by atoms with Gasteiger partial charge in [0, 0.05) is 45.8 Å². The number of halogens is 2. The van der Waals surface area contributed by atoms with E-state index >= 15 is 0 Å². The highest BCUT2D eigenvalue weighted by molar-refractivity contribution is 7.98. The summed E-state index contributed by atoms with van der Waals surface area (Å²) in [6, 6.07) is 22.5. The summed E-state index contributed by atoms with van der Waals surface area (Å²) in [5, 5.41) is 15.3. The van der Waals surface area contributed by atoms with Crippen molar-refractivity contribution < 1.29 is 8.78 Å². The Bertz CT molecular complexity index is 1560. The highest BCUT2D eigenvalue weighted by Crippen LogP contribution is 2.47. The summed E-state index contributed by atoms with van der Waals surface area (Å²) in [4.78, 5) is 1.48. The van der Waals surface area contributed by atoms with Gasteiger partial charge >= 0.3 is 0 Å². The zero-order chi connectivity index (χ0) is 23.8. The number of nitriles is 1. The second kappa shape index (κ2) is 8.98. The first-order valence-electron chi connectivity index (χ1n) is 10.5. The minimum absolute atomic E-state index is 0.523. The quantitative estimate of drug-likeness (QED) is 0.272. The van der Waals surface area contributed by atoms with Gasteiger partial charge in [0.1, 0.15) is 10.9 Å². The van der Waals surface area contributed by atoms with Crippen LogP contribution in [0.4, 0.5) is 14.5 Å². The number of rotatable bonds is 5. The first-order valence-corrected chi connectivity index (χ1v) is 12.2. The molecule has 0 amide bonds. The van der Waals surface area contributed by atoms with Crippen LogP contribution in [-0.2, 0) is 0 Å². The lowest BCUT2D eigenvalue weighted by molar-refractivity contribution is 0.511. The van der Waals surface area contributed by atoms with Gasteiger partial charge in [0.25, 0.3) is 0 Å². The van der Waals surface area contributed by atoms with Crippen molar-refractivity contribution in [2.75, 3.05) is 12.4 Å². The van der Waals surface area contributed by atoms with E-state index in [1.54, 1.807) is 0 Å². The lowest BCUT2D eigenvalue weighted by Crippen LogP contribution is -1.95. The molecular weight excluding hydrogens is 468 g/mol. The molecule has 0 aliphatic carbocycles. The number of nitrogens with zero attached hydrogens (tertiary/aromatic N) is 2. The molecule has 168 valence electrons. The molecule has 5 aromatic rings. The van der Waals surface area contributed by atoms with Gasteiger partial charge < -0.3 is 5.32 Å². The molecule has 0 saturated heterocycles. The molecule has 34 heavy (non-hydrogen) atoms. The van der Waals surface area contributed by atoms with Crippen molar-refractivity contribution in [1.29, 1.82) is 5.26 Å². The summed E-state index contributed by atoms with van der Waals surface area (Å²) in [6.45, 7) is 2.02. The normalized spacial score (nSPS) is 11.0. The van der Waals surface area contributed by atoms with Crippen LogP contribution in [0.1, 0.15) is 10.4 Å². The molecule has 0 aliphatic heterocycles. The van der Waals surface area contributed by atoms with Crippen molar-refractivity contribution in [2.45, 2.75) is 11.8 Å². The zero-order valence-electron chi connectivity index (χ0n) is 18.4. The highest BCUT2D eigenvalue weighted by atomic mass is 32.2. The molecule has 5 rings (SSSR count). The number of nitrogens with one attached hydrogen (secondary N) is 1. The number of benzene rings is 3. The number of thiophene rings is 1. The van der Waals surface area contributed by atoms with Crippen LogP contribution in [0.15, 0.2) is 77.0 Å². The first kappa shape index (κ1) is 22.2. The third-order valence-corrected chi connectivity index (χ3v) is 7.51. The lowest BCUT2D eigenvalue weighted by atomic mass is 9.98. The van der Waals surface area contributed by atoms with Crippen LogP contribution in [0.5, 0.6) is 0 Å². The predicted molar refractivity (Wildman–Crippen MR) is 137 cm³/mol. The molecule has 7 heteroatoms. The number of hydrogen-bond donors (Lipinski definition) is 1. The fourth-order valence-electron chi connectivity index (χ4n) is 4.00. The summed E-state index contributed by atoms with van der Waals surface area (Å²) in [7, 11) is 1.84. The predicted octanol–water partition coefficient (Wildman–Crippen LogP) is 8.09. The smallest absolute Gasteiger partial charge is 0.160 e. The maximum atomic E-state index is 14.5. The number of fused-ring (bicyclic) bond motifs is 1. The van der Waals surface area contributed by atoms with Crippen LogP contribution >= 0.6 is 23.3 Å². The molecule has 3 nitrogen and oxygen atoms in total. The summed E-state index contributed by atoms with van der Waals surface area (Å²) < 4.78 is 31.0.